The van der Waals surface area contributed by atoms with Crippen LogP contribution in [-0.4, -0.2) is 19.4 Å². The lowest BCUT2D eigenvalue weighted by Crippen LogP contribution is -2.13. The van der Waals surface area contributed by atoms with E-state index in [4.69, 9.17) is 9.47 Å². The maximum Gasteiger partial charge on any atom is 0.508 e. The van der Waals surface area contributed by atoms with Gasteiger partial charge in [-0.05, 0) is 18.3 Å². The average Bonchev–Trinajstić information content (AvgIpc) is 2.15. The van der Waals surface area contributed by atoms with Crippen molar-refractivity contribution in [2.24, 2.45) is 11.8 Å². The summed E-state index contributed by atoms with van der Waals surface area (Å²) in [6.07, 6.45) is 1.59. The summed E-state index contributed by atoms with van der Waals surface area (Å²) in [7, 11) is 0. The van der Waals surface area contributed by atoms with Gasteiger partial charge in [0.1, 0.15) is 0 Å². The topological polar surface area (TPSA) is 35.5 Å². The van der Waals surface area contributed by atoms with Gasteiger partial charge in [-0.1, -0.05) is 48.0 Å². The Hall–Kier alpha value is -0.730. The second kappa shape index (κ2) is 12.3. The van der Waals surface area contributed by atoms with Crippen molar-refractivity contribution in [1.82, 2.24) is 0 Å². The summed E-state index contributed by atoms with van der Waals surface area (Å²) >= 11 is 0. The number of carbonyl (C=O) groups excluding carboxylic acids is 1. The van der Waals surface area contributed by atoms with Gasteiger partial charge in [0.25, 0.3) is 0 Å². The second-order valence-electron chi connectivity index (χ2n) is 4.69. The number of ether oxygens (including phenoxy) is 2. The molecule has 0 atom stereocenters. The SMILES string of the molecule is CC(C)CCOC(=O)OCC(C)C.CCC. The van der Waals surface area contributed by atoms with E-state index in [9.17, 15) is 4.79 Å². The minimum atomic E-state index is -0.547. The van der Waals surface area contributed by atoms with Crippen LogP contribution in [-0.2, 0) is 9.47 Å². The van der Waals surface area contributed by atoms with E-state index >= 15 is 0 Å². The molecule has 98 valence electrons. The molecule has 0 saturated carbocycles. The number of rotatable bonds is 5. The molecule has 3 nitrogen and oxygen atoms in total. The minimum Gasteiger partial charge on any atom is -0.434 e. The van der Waals surface area contributed by atoms with Crippen LogP contribution in [0.25, 0.3) is 0 Å². The van der Waals surface area contributed by atoms with Crippen LogP contribution in [0.4, 0.5) is 4.79 Å². The summed E-state index contributed by atoms with van der Waals surface area (Å²) in [5, 5.41) is 0. The number of carbonyl (C=O) groups is 1. The van der Waals surface area contributed by atoms with E-state index in [0.717, 1.165) is 6.42 Å². The van der Waals surface area contributed by atoms with Crippen molar-refractivity contribution >= 4 is 6.16 Å². The second-order valence-corrected chi connectivity index (χ2v) is 4.69. The summed E-state index contributed by atoms with van der Waals surface area (Å²) in [6, 6.07) is 0. The van der Waals surface area contributed by atoms with Crippen molar-refractivity contribution < 1.29 is 14.3 Å². The van der Waals surface area contributed by atoms with Crippen molar-refractivity contribution in [3.05, 3.63) is 0 Å². The van der Waals surface area contributed by atoms with Crippen LogP contribution in [0.2, 0.25) is 0 Å². The molecule has 0 rings (SSSR count). The monoisotopic (exact) mass is 232 g/mol. The van der Waals surface area contributed by atoms with Crippen LogP contribution >= 0.6 is 0 Å². The molecule has 0 N–H and O–H groups in total. The molecule has 0 aromatic heterocycles. The summed E-state index contributed by atoms with van der Waals surface area (Å²) in [4.78, 5) is 10.9. The highest BCUT2D eigenvalue weighted by molar-refractivity contribution is 5.59. The third-order valence-electron chi connectivity index (χ3n) is 1.45. The summed E-state index contributed by atoms with van der Waals surface area (Å²) < 4.78 is 9.67. The molecule has 16 heavy (non-hydrogen) atoms. The predicted octanol–water partition coefficient (Wildman–Crippen LogP) is 4.26. The van der Waals surface area contributed by atoms with Gasteiger partial charge in [-0.2, -0.15) is 0 Å². The van der Waals surface area contributed by atoms with Crippen molar-refractivity contribution in [3.63, 3.8) is 0 Å². The Bertz CT molecular complexity index is 153. The largest absolute Gasteiger partial charge is 0.508 e. The zero-order valence-electron chi connectivity index (χ0n) is 11.7. The molecule has 0 bridgehead atoms. The van der Waals surface area contributed by atoms with E-state index in [2.05, 4.69) is 27.7 Å². The Morgan fingerprint density at radius 1 is 1.00 bits per heavy atom. The van der Waals surface area contributed by atoms with E-state index in [1.54, 1.807) is 0 Å². The smallest absolute Gasteiger partial charge is 0.434 e. The molecule has 0 radical (unpaired) electrons. The maximum absolute atomic E-state index is 10.9. The Morgan fingerprint density at radius 3 is 1.88 bits per heavy atom. The zero-order valence-corrected chi connectivity index (χ0v) is 11.7. The first-order valence-electron chi connectivity index (χ1n) is 6.23. The lowest BCUT2D eigenvalue weighted by molar-refractivity contribution is 0.0449. The highest BCUT2D eigenvalue weighted by Gasteiger charge is 2.05. The van der Waals surface area contributed by atoms with Crippen LogP contribution in [0.5, 0.6) is 0 Å². The third kappa shape index (κ3) is 18.9. The molecule has 0 aliphatic rings. The van der Waals surface area contributed by atoms with Crippen molar-refractivity contribution in [1.29, 1.82) is 0 Å². The number of hydrogen-bond acceptors (Lipinski definition) is 3. The van der Waals surface area contributed by atoms with Gasteiger partial charge in [0.15, 0.2) is 0 Å². The van der Waals surface area contributed by atoms with Gasteiger partial charge in [0.05, 0.1) is 13.2 Å². The molecule has 0 saturated heterocycles. The zero-order chi connectivity index (χ0) is 13.0. The molecule has 0 fully saturated rings. The molecule has 0 spiro atoms. The fourth-order valence-electron chi connectivity index (χ4n) is 0.654. The molecule has 0 aliphatic heterocycles. The molecule has 3 heteroatoms. The Kier molecular flexibility index (Phi) is 13.6. The number of hydrogen-bond donors (Lipinski definition) is 0. The van der Waals surface area contributed by atoms with Gasteiger partial charge >= 0.3 is 6.16 Å². The minimum absolute atomic E-state index is 0.359. The van der Waals surface area contributed by atoms with Crippen LogP contribution in [0.15, 0.2) is 0 Å². The van der Waals surface area contributed by atoms with Crippen LogP contribution < -0.4 is 0 Å². The average molecular weight is 232 g/mol. The standard InChI is InChI=1S/C10H20O3.C3H8/c1-8(2)5-6-12-10(11)13-7-9(3)4;1-3-2/h8-9H,5-7H2,1-4H3;3H2,1-2H3. The molecule has 0 heterocycles. The van der Waals surface area contributed by atoms with Crippen LogP contribution in [0.3, 0.4) is 0 Å². The van der Waals surface area contributed by atoms with Crippen molar-refractivity contribution in [2.45, 2.75) is 54.4 Å². The molecule has 0 aromatic rings. The molecule has 0 aromatic carbocycles. The quantitative estimate of drug-likeness (QED) is 0.664. The first-order valence-corrected chi connectivity index (χ1v) is 6.23. The molecule has 0 unspecified atom stereocenters. The first kappa shape index (κ1) is 17.7. The maximum atomic E-state index is 10.9. The van der Waals surface area contributed by atoms with Gasteiger partial charge in [-0.3, -0.25) is 0 Å². The van der Waals surface area contributed by atoms with Gasteiger partial charge in [-0.15, -0.1) is 0 Å². The highest BCUT2D eigenvalue weighted by atomic mass is 16.7. The van der Waals surface area contributed by atoms with E-state index in [1.807, 2.05) is 13.8 Å². The molecular weight excluding hydrogens is 204 g/mol. The van der Waals surface area contributed by atoms with Gasteiger partial charge in [-0.25, -0.2) is 4.79 Å². The fourth-order valence-corrected chi connectivity index (χ4v) is 0.654. The lowest BCUT2D eigenvalue weighted by atomic mass is 10.1. The van der Waals surface area contributed by atoms with E-state index in [0.29, 0.717) is 25.0 Å². The third-order valence-corrected chi connectivity index (χ3v) is 1.45. The normalized spacial score (nSPS) is 9.75. The highest BCUT2D eigenvalue weighted by Crippen LogP contribution is 2.00. The van der Waals surface area contributed by atoms with Crippen molar-refractivity contribution in [2.75, 3.05) is 13.2 Å². The predicted molar refractivity (Wildman–Crippen MR) is 67.6 cm³/mol. The van der Waals surface area contributed by atoms with E-state index in [-0.39, 0.29) is 0 Å². The van der Waals surface area contributed by atoms with E-state index in [1.165, 1.54) is 6.42 Å². The summed E-state index contributed by atoms with van der Waals surface area (Å²) in [5.41, 5.74) is 0. The van der Waals surface area contributed by atoms with Gasteiger partial charge in [0.2, 0.25) is 0 Å². The molecule has 0 amide bonds. The fraction of sp³-hybridized carbons (Fsp3) is 0.923. The van der Waals surface area contributed by atoms with Crippen LogP contribution in [0.1, 0.15) is 54.4 Å². The first-order chi connectivity index (χ1) is 7.43. The van der Waals surface area contributed by atoms with Crippen LogP contribution in [0, 0.1) is 11.8 Å². The molecule has 0 aliphatic carbocycles. The van der Waals surface area contributed by atoms with E-state index < -0.39 is 6.16 Å². The Morgan fingerprint density at radius 2 is 1.50 bits per heavy atom. The summed E-state index contributed by atoms with van der Waals surface area (Å²) in [6.45, 7) is 13.3. The molecular formula is C13H28O3. The Balaban J connectivity index is 0. The van der Waals surface area contributed by atoms with Gasteiger partial charge < -0.3 is 9.47 Å². The summed E-state index contributed by atoms with van der Waals surface area (Å²) in [5.74, 6) is 0.913. The lowest BCUT2D eigenvalue weighted by Gasteiger charge is -2.08. The van der Waals surface area contributed by atoms with Gasteiger partial charge in [0, 0.05) is 0 Å². The Labute approximate surface area is 101 Å². The van der Waals surface area contributed by atoms with Crippen molar-refractivity contribution in [3.8, 4) is 0 Å².